The quantitative estimate of drug-likeness (QED) is 0.390. The van der Waals surface area contributed by atoms with Crippen LogP contribution in [0.5, 0.6) is 0 Å². The molecule has 0 radical (unpaired) electrons. The first kappa shape index (κ1) is 18.6. The fraction of sp³-hybridized carbons (Fsp3) is 0.125. The molecule has 144 valence electrons. The smallest absolute Gasteiger partial charge is 0.272 e. The van der Waals surface area contributed by atoms with Crippen molar-refractivity contribution >= 4 is 23.0 Å². The van der Waals surface area contributed by atoms with E-state index in [1.54, 1.807) is 6.07 Å². The Morgan fingerprint density at radius 1 is 1.00 bits per heavy atom. The minimum atomic E-state index is -0.298. The average Bonchev–Trinajstić information content (AvgIpc) is 3.14. The van der Waals surface area contributed by atoms with Crippen LogP contribution in [0.15, 0.2) is 70.2 Å². The van der Waals surface area contributed by atoms with Gasteiger partial charge >= 0.3 is 0 Å². The van der Waals surface area contributed by atoms with E-state index in [-0.39, 0.29) is 5.91 Å². The minimum absolute atomic E-state index is 0.298. The van der Waals surface area contributed by atoms with Crippen molar-refractivity contribution in [3.05, 3.63) is 88.9 Å². The van der Waals surface area contributed by atoms with Gasteiger partial charge in [-0.25, -0.2) is 10.4 Å². The number of benzene rings is 2. The molecule has 4 aromatic rings. The third kappa shape index (κ3) is 3.94. The molecule has 0 fully saturated rings. The predicted molar refractivity (Wildman–Crippen MR) is 115 cm³/mol. The van der Waals surface area contributed by atoms with Crippen LogP contribution in [-0.4, -0.2) is 17.1 Å². The molecule has 5 heteroatoms. The van der Waals surface area contributed by atoms with E-state index in [1.165, 1.54) is 17.3 Å². The van der Waals surface area contributed by atoms with Gasteiger partial charge in [-0.05, 0) is 62.2 Å². The van der Waals surface area contributed by atoms with Gasteiger partial charge in [-0.1, -0.05) is 30.3 Å². The molecular formula is C24H21N3O2. The maximum absolute atomic E-state index is 12.9. The Balaban J connectivity index is 1.71. The molecule has 0 saturated heterocycles. The van der Waals surface area contributed by atoms with E-state index >= 15 is 0 Å². The van der Waals surface area contributed by atoms with E-state index in [0.29, 0.717) is 11.3 Å². The van der Waals surface area contributed by atoms with Crippen molar-refractivity contribution in [3.8, 4) is 11.3 Å². The molecule has 2 heterocycles. The molecule has 0 spiro atoms. The van der Waals surface area contributed by atoms with E-state index in [2.05, 4.69) is 36.5 Å². The number of hydrazone groups is 1. The first-order chi connectivity index (χ1) is 14.0. The van der Waals surface area contributed by atoms with Crippen molar-refractivity contribution in [3.63, 3.8) is 0 Å². The number of aromatic nitrogens is 1. The van der Waals surface area contributed by atoms with Crippen LogP contribution in [-0.2, 0) is 0 Å². The highest BCUT2D eigenvalue weighted by molar-refractivity contribution is 6.07. The van der Waals surface area contributed by atoms with Crippen LogP contribution in [0.2, 0.25) is 0 Å². The van der Waals surface area contributed by atoms with Crippen LogP contribution < -0.4 is 5.43 Å². The molecule has 0 unspecified atom stereocenters. The van der Waals surface area contributed by atoms with Crippen LogP contribution in [0.4, 0.5) is 0 Å². The summed E-state index contributed by atoms with van der Waals surface area (Å²) in [6, 6.07) is 19.2. The number of pyridine rings is 1. The number of nitrogens with zero attached hydrogens (tertiary/aromatic N) is 2. The number of furan rings is 1. The van der Waals surface area contributed by atoms with Gasteiger partial charge in [0.1, 0.15) is 11.5 Å². The Labute approximate surface area is 169 Å². The molecular weight excluding hydrogens is 362 g/mol. The number of hydrogen-bond donors (Lipinski definition) is 1. The monoisotopic (exact) mass is 383 g/mol. The summed E-state index contributed by atoms with van der Waals surface area (Å²) >= 11 is 0. The molecule has 5 nitrogen and oxygen atoms in total. The number of para-hydroxylation sites is 1. The summed E-state index contributed by atoms with van der Waals surface area (Å²) < 4.78 is 5.43. The predicted octanol–water partition coefficient (Wildman–Crippen LogP) is 5.18. The van der Waals surface area contributed by atoms with Gasteiger partial charge < -0.3 is 4.42 Å². The third-order valence-electron chi connectivity index (χ3n) is 4.88. The van der Waals surface area contributed by atoms with Gasteiger partial charge in [0.15, 0.2) is 0 Å². The maximum Gasteiger partial charge on any atom is 0.272 e. The molecule has 0 aliphatic heterocycles. The van der Waals surface area contributed by atoms with E-state index in [0.717, 1.165) is 27.9 Å². The Kier molecular flexibility index (Phi) is 4.96. The van der Waals surface area contributed by atoms with Crippen molar-refractivity contribution in [2.24, 2.45) is 5.10 Å². The molecule has 1 N–H and O–H groups in total. The lowest BCUT2D eigenvalue weighted by Gasteiger charge is -2.10. The molecule has 0 atom stereocenters. The molecule has 4 rings (SSSR count). The van der Waals surface area contributed by atoms with Crippen molar-refractivity contribution in [1.82, 2.24) is 10.4 Å². The summed E-state index contributed by atoms with van der Waals surface area (Å²) in [7, 11) is 0. The zero-order valence-electron chi connectivity index (χ0n) is 16.6. The highest BCUT2D eigenvalue weighted by Crippen LogP contribution is 2.26. The number of rotatable bonds is 4. The van der Waals surface area contributed by atoms with Crippen LogP contribution in [0.1, 0.15) is 33.0 Å². The number of hydrogen-bond acceptors (Lipinski definition) is 4. The Bertz CT molecular complexity index is 1240. The summed E-state index contributed by atoms with van der Waals surface area (Å²) in [5, 5.41) is 4.81. The van der Waals surface area contributed by atoms with Gasteiger partial charge in [-0.2, -0.15) is 5.10 Å². The molecule has 0 aliphatic carbocycles. The zero-order chi connectivity index (χ0) is 20.4. The lowest BCUT2D eigenvalue weighted by molar-refractivity contribution is 0.0956. The van der Waals surface area contributed by atoms with Crippen LogP contribution >= 0.6 is 0 Å². The van der Waals surface area contributed by atoms with E-state index < -0.39 is 0 Å². The Morgan fingerprint density at radius 2 is 1.83 bits per heavy atom. The summed E-state index contributed by atoms with van der Waals surface area (Å²) in [5.74, 6) is 1.07. The number of amides is 1. The maximum atomic E-state index is 12.9. The SMILES string of the molecule is Cc1ccc(/C=N/NC(=O)c2cc(-c3ccc(C)c(C)c3)nc3ccccc23)o1. The number of aryl methyl sites for hydroxylation is 3. The lowest BCUT2D eigenvalue weighted by atomic mass is 10.0. The third-order valence-corrected chi connectivity index (χ3v) is 4.88. The van der Waals surface area contributed by atoms with Crippen LogP contribution in [0, 0.1) is 20.8 Å². The summed E-state index contributed by atoms with van der Waals surface area (Å²) in [6.45, 7) is 6.00. The van der Waals surface area contributed by atoms with E-state index in [9.17, 15) is 4.79 Å². The second kappa shape index (κ2) is 7.72. The number of carbonyl (C=O) groups excluding carboxylic acids is 1. The highest BCUT2D eigenvalue weighted by atomic mass is 16.3. The van der Waals surface area contributed by atoms with Gasteiger partial charge in [0.05, 0.1) is 23.0 Å². The molecule has 29 heavy (non-hydrogen) atoms. The molecule has 2 aromatic carbocycles. The van der Waals surface area contributed by atoms with Gasteiger partial charge in [0.2, 0.25) is 0 Å². The van der Waals surface area contributed by atoms with Crippen LogP contribution in [0.3, 0.4) is 0 Å². The topological polar surface area (TPSA) is 67.5 Å². The Hall–Kier alpha value is -3.73. The van der Waals surface area contributed by atoms with E-state index in [4.69, 9.17) is 9.40 Å². The van der Waals surface area contributed by atoms with Crippen LogP contribution in [0.25, 0.3) is 22.2 Å². The van der Waals surface area contributed by atoms with Gasteiger partial charge in [0.25, 0.3) is 5.91 Å². The van der Waals surface area contributed by atoms with Crippen molar-refractivity contribution in [2.45, 2.75) is 20.8 Å². The molecule has 2 aromatic heterocycles. The molecule has 0 saturated carbocycles. The minimum Gasteiger partial charge on any atom is -0.460 e. The molecule has 0 bridgehead atoms. The van der Waals surface area contributed by atoms with Crippen molar-refractivity contribution in [2.75, 3.05) is 0 Å². The summed E-state index contributed by atoms with van der Waals surface area (Å²) in [5.41, 5.74) is 8.01. The number of carbonyl (C=O) groups is 1. The summed E-state index contributed by atoms with van der Waals surface area (Å²) in [4.78, 5) is 17.6. The number of fused-ring (bicyclic) bond motifs is 1. The Morgan fingerprint density at radius 3 is 2.59 bits per heavy atom. The standard InChI is InChI=1S/C24H21N3O2/c1-15-8-10-18(12-16(15)2)23-13-21(20-6-4-5-7-22(20)26-23)24(28)27-25-14-19-11-9-17(3)29-19/h4-14H,1-3H3,(H,27,28)/b25-14+. The first-order valence-electron chi connectivity index (χ1n) is 9.38. The second-order valence-electron chi connectivity index (χ2n) is 7.02. The second-order valence-corrected chi connectivity index (χ2v) is 7.02. The van der Waals surface area contributed by atoms with Gasteiger partial charge in [-0.15, -0.1) is 0 Å². The summed E-state index contributed by atoms with van der Waals surface area (Å²) in [6.07, 6.45) is 1.48. The zero-order valence-corrected chi connectivity index (χ0v) is 16.6. The normalized spacial score (nSPS) is 11.3. The van der Waals surface area contributed by atoms with Crippen molar-refractivity contribution in [1.29, 1.82) is 0 Å². The average molecular weight is 383 g/mol. The lowest BCUT2D eigenvalue weighted by Crippen LogP contribution is -2.18. The molecule has 0 aliphatic rings. The first-order valence-corrected chi connectivity index (χ1v) is 9.38. The van der Waals surface area contributed by atoms with Gasteiger partial charge in [-0.3, -0.25) is 4.79 Å². The van der Waals surface area contributed by atoms with Gasteiger partial charge in [0, 0.05) is 10.9 Å². The largest absolute Gasteiger partial charge is 0.460 e. The fourth-order valence-electron chi connectivity index (χ4n) is 3.15. The fourth-order valence-corrected chi connectivity index (χ4v) is 3.15. The number of nitrogens with one attached hydrogen (secondary N) is 1. The van der Waals surface area contributed by atoms with E-state index in [1.807, 2.05) is 49.4 Å². The highest BCUT2D eigenvalue weighted by Gasteiger charge is 2.14. The molecule has 1 amide bonds. The van der Waals surface area contributed by atoms with Crippen molar-refractivity contribution < 1.29 is 9.21 Å².